The lowest BCUT2D eigenvalue weighted by Gasteiger charge is -2.25. The SMILES string of the molecule is CCC(=O)C(C)[C@@H](OCc1ccccc1)/C(C)=C\[C@H](C)S(C)(=O)=O. The molecule has 0 amide bonds. The highest BCUT2D eigenvalue weighted by Crippen LogP contribution is 2.22. The van der Waals surface area contributed by atoms with Gasteiger partial charge in [-0.15, -0.1) is 0 Å². The van der Waals surface area contributed by atoms with Gasteiger partial charge < -0.3 is 4.74 Å². The Balaban J connectivity index is 3.00. The van der Waals surface area contributed by atoms with Crippen molar-refractivity contribution in [1.82, 2.24) is 0 Å². The third kappa shape index (κ3) is 6.21. The standard InChI is InChI=1S/C19H28O4S/c1-6-18(20)16(4)19(14(2)12-15(3)24(5,21)22)23-13-17-10-8-7-9-11-17/h7-12,15-16,19H,6,13H2,1-5H3/b14-12-/t15-,16?,19-/m0/s1. The van der Waals surface area contributed by atoms with Crippen molar-refractivity contribution in [3.63, 3.8) is 0 Å². The smallest absolute Gasteiger partial charge is 0.153 e. The summed E-state index contributed by atoms with van der Waals surface area (Å²) < 4.78 is 29.4. The van der Waals surface area contributed by atoms with Gasteiger partial charge in [0.1, 0.15) is 5.78 Å². The minimum Gasteiger partial charge on any atom is -0.368 e. The predicted octanol–water partition coefficient (Wildman–Crippen LogP) is 3.57. The van der Waals surface area contributed by atoms with Crippen LogP contribution in [0.2, 0.25) is 0 Å². The third-order valence-corrected chi connectivity index (χ3v) is 5.69. The second-order valence-corrected chi connectivity index (χ2v) is 8.67. The van der Waals surface area contributed by atoms with Crippen LogP contribution >= 0.6 is 0 Å². The molecule has 0 saturated heterocycles. The van der Waals surface area contributed by atoms with Gasteiger partial charge in [-0.05, 0) is 25.0 Å². The summed E-state index contributed by atoms with van der Waals surface area (Å²) in [5, 5.41) is -0.607. The summed E-state index contributed by atoms with van der Waals surface area (Å²) in [6, 6.07) is 9.72. The van der Waals surface area contributed by atoms with E-state index < -0.39 is 21.2 Å². The molecule has 1 aromatic carbocycles. The van der Waals surface area contributed by atoms with E-state index in [1.54, 1.807) is 13.0 Å². The van der Waals surface area contributed by atoms with Crippen molar-refractivity contribution in [2.75, 3.05) is 6.26 Å². The van der Waals surface area contributed by atoms with Crippen molar-refractivity contribution in [1.29, 1.82) is 0 Å². The Morgan fingerprint density at radius 3 is 2.29 bits per heavy atom. The van der Waals surface area contributed by atoms with Gasteiger partial charge in [0, 0.05) is 18.6 Å². The Bertz CT molecular complexity index is 662. The van der Waals surface area contributed by atoms with E-state index in [0.29, 0.717) is 13.0 Å². The maximum absolute atomic E-state index is 12.1. The lowest BCUT2D eigenvalue weighted by Crippen LogP contribution is -2.30. The van der Waals surface area contributed by atoms with E-state index in [2.05, 4.69) is 0 Å². The molecule has 0 radical (unpaired) electrons. The molecular weight excluding hydrogens is 324 g/mol. The number of ether oxygens (including phenoxy) is 1. The molecular formula is C19H28O4S. The number of carbonyl (C=O) groups excluding carboxylic acids is 1. The highest BCUT2D eigenvalue weighted by atomic mass is 32.2. The maximum atomic E-state index is 12.1. The number of sulfone groups is 1. The van der Waals surface area contributed by atoms with Crippen LogP contribution in [-0.2, 0) is 26.0 Å². The molecule has 1 rings (SSSR count). The molecule has 0 aliphatic heterocycles. The molecule has 1 aromatic rings. The lowest BCUT2D eigenvalue weighted by molar-refractivity contribution is -0.126. The molecule has 5 heteroatoms. The van der Waals surface area contributed by atoms with Crippen LogP contribution in [0.25, 0.3) is 0 Å². The summed E-state index contributed by atoms with van der Waals surface area (Å²) in [5.41, 5.74) is 1.79. The van der Waals surface area contributed by atoms with Crippen LogP contribution in [0.3, 0.4) is 0 Å². The molecule has 0 N–H and O–H groups in total. The van der Waals surface area contributed by atoms with Crippen LogP contribution in [0.5, 0.6) is 0 Å². The normalized spacial score (nSPS) is 16.5. The van der Waals surface area contributed by atoms with Crippen molar-refractivity contribution < 1.29 is 17.9 Å². The van der Waals surface area contributed by atoms with E-state index in [1.807, 2.05) is 51.1 Å². The van der Waals surface area contributed by atoms with Crippen molar-refractivity contribution >= 4 is 15.6 Å². The number of hydrogen-bond acceptors (Lipinski definition) is 4. The monoisotopic (exact) mass is 352 g/mol. The van der Waals surface area contributed by atoms with Crippen LogP contribution in [0.15, 0.2) is 42.0 Å². The van der Waals surface area contributed by atoms with Crippen LogP contribution in [0.1, 0.15) is 39.7 Å². The van der Waals surface area contributed by atoms with Gasteiger partial charge in [0.15, 0.2) is 9.84 Å². The van der Waals surface area contributed by atoms with Crippen LogP contribution in [0, 0.1) is 5.92 Å². The van der Waals surface area contributed by atoms with Crippen molar-refractivity contribution in [2.24, 2.45) is 5.92 Å². The van der Waals surface area contributed by atoms with E-state index >= 15 is 0 Å². The van der Waals surface area contributed by atoms with Crippen molar-refractivity contribution in [2.45, 2.75) is 52.1 Å². The Hall–Kier alpha value is -1.46. The molecule has 0 aromatic heterocycles. The topological polar surface area (TPSA) is 60.4 Å². The van der Waals surface area contributed by atoms with Crippen LogP contribution < -0.4 is 0 Å². The molecule has 0 bridgehead atoms. The fourth-order valence-corrected chi connectivity index (χ4v) is 2.97. The van der Waals surface area contributed by atoms with Crippen molar-refractivity contribution in [3.8, 4) is 0 Å². The number of Topliss-reactive ketones (excluding diaryl/α,β-unsaturated/α-hetero) is 1. The van der Waals surface area contributed by atoms with E-state index in [4.69, 9.17) is 4.74 Å². The molecule has 0 saturated carbocycles. The molecule has 1 unspecified atom stereocenters. The first kappa shape index (κ1) is 20.6. The second kappa shape index (κ2) is 9.14. The number of carbonyl (C=O) groups is 1. The summed E-state index contributed by atoms with van der Waals surface area (Å²) in [4.78, 5) is 12.1. The first-order valence-electron chi connectivity index (χ1n) is 8.22. The fraction of sp³-hybridized carbons (Fsp3) is 0.526. The Morgan fingerprint density at radius 2 is 1.79 bits per heavy atom. The van der Waals surface area contributed by atoms with Gasteiger partial charge in [0.2, 0.25) is 0 Å². The molecule has 0 aliphatic carbocycles. The Morgan fingerprint density at radius 1 is 1.21 bits per heavy atom. The number of hydrogen-bond donors (Lipinski definition) is 0. The Labute approximate surface area is 145 Å². The van der Waals surface area contributed by atoms with E-state index in [1.165, 1.54) is 6.26 Å². The second-order valence-electron chi connectivity index (χ2n) is 6.27. The predicted molar refractivity (Wildman–Crippen MR) is 97.5 cm³/mol. The van der Waals surface area contributed by atoms with E-state index in [0.717, 1.165) is 11.1 Å². The first-order chi connectivity index (χ1) is 11.2. The summed E-state index contributed by atoms with van der Waals surface area (Å²) in [6.07, 6.45) is 2.90. The zero-order valence-corrected chi connectivity index (χ0v) is 16.0. The minimum atomic E-state index is -3.17. The molecule has 0 spiro atoms. The average molecular weight is 352 g/mol. The summed E-state index contributed by atoms with van der Waals surface area (Å²) >= 11 is 0. The largest absolute Gasteiger partial charge is 0.368 e. The van der Waals surface area contributed by atoms with Gasteiger partial charge >= 0.3 is 0 Å². The van der Waals surface area contributed by atoms with Crippen LogP contribution in [0.4, 0.5) is 0 Å². The lowest BCUT2D eigenvalue weighted by atomic mass is 9.92. The van der Waals surface area contributed by atoms with E-state index in [-0.39, 0.29) is 11.7 Å². The fourth-order valence-electron chi connectivity index (χ4n) is 2.51. The summed E-state index contributed by atoms with van der Waals surface area (Å²) in [6.45, 7) is 7.51. The average Bonchev–Trinajstić information content (AvgIpc) is 2.54. The van der Waals surface area contributed by atoms with Gasteiger partial charge in [-0.2, -0.15) is 0 Å². The summed E-state index contributed by atoms with van der Waals surface area (Å²) in [5.74, 6) is -0.213. The highest BCUT2D eigenvalue weighted by molar-refractivity contribution is 7.91. The molecule has 0 heterocycles. The third-order valence-electron chi connectivity index (χ3n) is 4.20. The first-order valence-corrected chi connectivity index (χ1v) is 10.2. The van der Waals surface area contributed by atoms with Gasteiger partial charge in [0.25, 0.3) is 0 Å². The molecule has 24 heavy (non-hydrogen) atoms. The van der Waals surface area contributed by atoms with Gasteiger partial charge in [-0.25, -0.2) is 8.42 Å². The molecule has 0 aliphatic rings. The zero-order chi connectivity index (χ0) is 18.3. The molecule has 3 atom stereocenters. The highest BCUT2D eigenvalue weighted by Gasteiger charge is 2.26. The quantitative estimate of drug-likeness (QED) is 0.638. The molecule has 0 fully saturated rings. The van der Waals surface area contributed by atoms with Crippen molar-refractivity contribution in [3.05, 3.63) is 47.5 Å². The maximum Gasteiger partial charge on any atom is 0.153 e. The number of ketones is 1. The van der Waals surface area contributed by atoms with Gasteiger partial charge in [-0.1, -0.05) is 50.3 Å². The van der Waals surface area contributed by atoms with Crippen LogP contribution in [-0.4, -0.2) is 31.8 Å². The Kier molecular flexibility index (Phi) is 7.84. The zero-order valence-electron chi connectivity index (χ0n) is 15.2. The molecule has 134 valence electrons. The van der Waals surface area contributed by atoms with E-state index in [9.17, 15) is 13.2 Å². The van der Waals surface area contributed by atoms with Gasteiger partial charge in [0.05, 0.1) is 18.0 Å². The number of rotatable bonds is 9. The summed E-state index contributed by atoms with van der Waals surface area (Å²) in [7, 11) is -3.17. The number of benzene rings is 1. The minimum absolute atomic E-state index is 0.104. The van der Waals surface area contributed by atoms with Gasteiger partial charge in [-0.3, -0.25) is 4.79 Å². The molecule has 4 nitrogen and oxygen atoms in total.